The standard InChI is InChI=1S/C20H23N3S2/c1-14(13-22-10-4-5-11-22)23-16-6-2-3-7-18(16)25-19-9-8-15(20(21)24)12-17(19)23/h2-3,6-9,12,14H,4-5,10-11,13H2,1H3,(H2,21,24). The highest BCUT2D eigenvalue weighted by Gasteiger charge is 2.28. The molecule has 1 fully saturated rings. The van der Waals surface area contributed by atoms with Crippen LogP contribution in [0.4, 0.5) is 11.4 Å². The zero-order chi connectivity index (χ0) is 17.4. The van der Waals surface area contributed by atoms with Crippen LogP contribution >= 0.6 is 24.0 Å². The van der Waals surface area contributed by atoms with Crippen molar-refractivity contribution in [3.8, 4) is 0 Å². The second-order valence-electron chi connectivity index (χ2n) is 6.84. The number of rotatable bonds is 4. The van der Waals surface area contributed by atoms with Crippen molar-refractivity contribution in [2.75, 3.05) is 24.5 Å². The normalized spacial score (nSPS) is 17.9. The van der Waals surface area contributed by atoms with E-state index >= 15 is 0 Å². The monoisotopic (exact) mass is 369 g/mol. The van der Waals surface area contributed by atoms with Gasteiger partial charge in [-0.1, -0.05) is 42.2 Å². The van der Waals surface area contributed by atoms with E-state index in [9.17, 15) is 0 Å². The molecule has 0 radical (unpaired) electrons. The maximum absolute atomic E-state index is 5.89. The van der Waals surface area contributed by atoms with E-state index in [1.54, 1.807) is 0 Å². The number of nitrogens with two attached hydrogens (primary N) is 1. The number of hydrogen-bond acceptors (Lipinski definition) is 4. The Kier molecular flexibility index (Phi) is 4.71. The van der Waals surface area contributed by atoms with Crippen LogP contribution in [0, 0.1) is 0 Å². The molecule has 2 aliphatic rings. The van der Waals surface area contributed by atoms with Gasteiger partial charge in [-0.2, -0.15) is 0 Å². The van der Waals surface area contributed by atoms with E-state index in [1.807, 2.05) is 17.8 Å². The summed E-state index contributed by atoms with van der Waals surface area (Å²) in [7, 11) is 0. The quantitative estimate of drug-likeness (QED) is 0.807. The van der Waals surface area contributed by atoms with Gasteiger partial charge >= 0.3 is 0 Å². The minimum absolute atomic E-state index is 0.389. The average Bonchev–Trinajstić information content (AvgIpc) is 3.11. The molecule has 130 valence electrons. The van der Waals surface area contributed by atoms with Gasteiger partial charge in [0.2, 0.25) is 0 Å². The summed E-state index contributed by atoms with van der Waals surface area (Å²) in [6.45, 7) is 5.83. The van der Waals surface area contributed by atoms with E-state index in [0.29, 0.717) is 11.0 Å². The van der Waals surface area contributed by atoms with Crippen molar-refractivity contribution in [3.05, 3.63) is 48.0 Å². The molecule has 0 bridgehead atoms. The first-order chi connectivity index (χ1) is 12.1. The van der Waals surface area contributed by atoms with Crippen molar-refractivity contribution in [1.82, 2.24) is 4.90 Å². The van der Waals surface area contributed by atoms with Crippen LogP contribution in [0.3, 0.4) is 0 Å². The molecule has 2 N–H and O–H groups in total. The molecular weight excluding hydrogens is 346 g/mol. The van der Waals surface area contributed by atoms with Crippen LogP contribution in [0.5, 0.6) is 0 Å². The van der Waals surface area contributed by atoms with Gasteiger partial charge in [0.05, 0.1) is 11.4 Å². The summed E-state index contributed by atoms with van der Waals surface area (Å²) in [4.78, 5) is 8.09. The van der Waals surface area contributed by atoms with Crippen LogP contribution in [-0.2, 0) is 0 Å². The molecule has 5 heteroatoms. The Morgan fingerprint density at radius 3 is 2.60 bits per heavy atom. The van der Waals surface area contributed by atoms with E-state index in [1.165, 1.54) is 47.1 Å². The molecule has 2 heterocycles. The SMILES string of the molecule is CC(CN1CCCC1)N1c2ccccc2Sc2ccc(C(N)=S)cc21. The Morgan fingerprint density at radius 2 is 1.84 bits per heavy atom. The molecule has 2 aromatic carbocycles. The summed E-state index contributed by atoms with van der Waals surface area (Å²) in [5, 5.41) is 0. The van der Waals surface area contributed by atoms with Crippen LogP contribution in [0.1, 0.15) is 25.3 Å². The van der Waals surface area contributed by atoms with Crippen LogP contribution in [-0.4, -0.2) is 35.6 Å². The second-order valence-corrected chi connectivity index (χ2v) is 8.37. The molecule has 1 atom stereocenters. The summed E-state index contributed by atoms with van der Waals surface area (Å²) in [6, 6.07) is 15.4. The number of likely N-dealkylation sites (tertiary alicyclic amines) is 1. The minimum Gasteiger partial charge on any atom is -0.389 e. The van der Waals surface area contributed by atoms with Crippen molar-refractivity contribution in [1.29, 1.82) is 0 Å². The third kappa shape index (κ3) is 3.28. The van der Waals surface area contributed by atoms with Crippen LogP contribution in [0.15, 0.2) is 52.3 Å². The van der Waals surface area contributed by atoms with Gasteiger partial charge < -0.3 is 15.5 Å². The molecule has 0 aliphatic carbocycles. The largest absolute Gasteiger partial charge is 0.389 e. The lowest BCUT2D eigenvalue weighted by Gasteiger charge is -2.39. The number of fused-ring (bicyclic) bond motifs is 2. The molecule has 0 spiro atoms. The van der Waals surface area contributed by atoms with Crippen LogP contribution in [0.2, 0.25) is 0 Å². The average molecular weight is 370 g/mol. The summed E-state index contributed by atoms with van der Waals surface area (Å²) in [5.41, 5.74) is 9.34. The third-order valence-corrected chi connectivity index (χ3v) is 6.38. The molecule has 25 heavy (non-hydrogen) atoms. The Balaban J connectivity index is 1.75. The molecule has 0 amide bonds. The van der Waals surface area contributed by atoms with Crippen LogP contribution in [0.25, 0.3) is 0 Å². The second kappa shape index (κ2) is 6.98. The maximum Gasteiger partial charge on any atom is 0.104 e. The third-order valence-electron chi connectivity index (χ3n) is 5.01. The highest BCUT2D eigenvalue weighted by atomic mass is 32.2. The summed E-state index contributed by atoms with van der Waals surface area (Å²) < 4.78 is 0. The Morgan fingerprint density at radius 1 is 1.12 bits per heavy atom. The highest BCUT2D eigenvalue weighted by Crippen LogP contribution is 2.49. The van der Waals surface area contributed by atoms with E-state index in [4.69, 9.17) is 18.0 Å². The molecule has 2 aliphatic heterocycles. The van der Waals surface area contributed by atoms with Gasteiger partial charge in [0.25, 0.3) is 0 Å². The number of para-hydroxylation sites is 1. The lowest BCUT2D eigenvalue weighted by atomic mass is 10.1. The number of thiocarbonyl (C=S) groups is 1. The molecule has 0 saturated carbocycles. The first-order valence-electron chi connectivity index (χ1n) is 8.86. The van der Waals surface area contributed by atoms with Gasteiger partial charge in [-0.25, -0.2) is 0 Å². The fourth-order valence-electron chi connectivity index (χ4n) is 3.83. The molecule has 2 aromatic rings. The fraction of sp³-hybridized carbons (Fsp3) is 0.350. The van der Waals surface area contributed by atoms with E-state index in [0.717, 1.165) is 12.1 Å². The van der Waals surface area contributed by atoms with Crippen molar-refractivity contribution in [2.24, 2.45) is 5.73 Å². The zero-order valence-corrected chi connectivity index (χ0v) is 16.1. The first kappa shape index (κ1) is 16.9. The van der Waals surface area contributed by atoms with Gasteiger partial charge in [-0.3, -0.25) is 0 Å². The smallest absolute Gasteiger partial charge is 0.104 e. The topological polar surface area (TPSA) is 32.5 Å². The van der Waals surface area contributed by atoms with Gasteiger partial charge in [-0.15, -0.1) is 0 Å². The fourth-order valence-corrected chi connectivity index (χ4v) is 5.01. The molecular formula is C20H23N3S2. The lowest BCUT2D eigenvalue weighted by molar-refractivity contribution is 0.319. The summed E-state index contributed by atoms with van der Waals surface area (Å²) in [5.74, 6) is 0. The Hall–Kier alpha value is -1.56. The summed E-state index contributed by atoms with van der Waals surface area (Å²) >= 11 is 7.04. The zero-order valence-electron chi connectivity index (χ0n) is 14.4. The van der Waals surface area contributed by atoms with Gasteiger partial charge in [0.15, 0.2) is 0 Å². The minimum atomic E-state index is 0.389. The summed E-state index contributed by atoms with van der Waals surface area (Å²) in [6.07, 6.45) is 2.64. The highest BCUT2D eigenvalue weighted by molar-refractivity contribution is 7.99. The molecule has 4 rings (SSSR count). The van der Waals surface area contributed by atoms with E-state index in [-0.39, 0.29) is 0 Å². The first-order valence-corrected chi connectivity index (χ1v) is 10.1. The molecule has 1 saturated heterocycles. The number of benzene rings is 2. The predicted molar refractivity (Wildman–Crippen MR) is 110 cm³/mol. The van der Waals surface area contributed by atoms with Crippen molar-refractivity contribution >= 4 is 40.3 Å². The number of nitrogens with zero attached hydrogens (tertiary/aromatic N) is 2. The van der Waals surface area contributed by atoms with Crippen molar-refractivity contribution < 1.29 is 0 Å². The molecule has 1 unspecified atom stereocenters. The number of anilines is 2. The Bertz CT molecular complexity index is 799. The molecule has 3 nitrogen and oxygen atoms in total. The van der Waals surface area contributed by atoms with Gasteiger partial charge in [-0.05, 0) is 57.1 Å². The van der Waals surface area contributed by atoms with Gasteiger partial charge in [0, 0.05) is 27.9 Å². The van der Waals surface area contributed by atoms with E-state index in [2.05, 4.69) is 53.1 Å². The van der Waals surface area contributed by atoms with Crippen molar-refractivity contribution in [3.63, 3.8) is 0 Å². The van der Waals surface area contributed by atoms with Crippen molar-refractivity contribution in [2.45, 2.75) is 35.6 Å². The lowest BCUT2D eigenvalue weighted by Crippen LogP contribution is -2.40. The Labute approximate surface area is 159 Å². The maximum atomic E-state index is 5.89. The number of hydrogen-bond donors (Lipinski definition) is 1. The molecule has 0 aromatic heterocycles. The van der Waals surface area contributed by atoms with E-state index < -0.39 is 0 Å². The van der Waals surface area contributed by atoms with Gasteiger partial charge in [0.1, 0.15) is 4.99 Å². The van der Waals surface area contributed by atoms with Crippen LogP contribution < -0.4 is 10.6 Å². The predicted octanol–water partition coefficient (Wildman–Crippen LogP) is 4.41.